The first-order valence-electron chi connectivity index (χ1n) is 25.1. The highest BCUT2D eigenvalue weighted by Gasteiger charge is 2.39. The first-order valence-corrected chi connectivity index (χ1v) is 28.5. The minimum Gasteiger partial charge on any atom is -0.481 e. The van der Waals surface area contributed by atoms with Crippen molar-refractivity contribution in [1.29, 1.82) is 0 Å². The molecular weight excluding hydrogens is 1080 g/mol. The number of piperidine rings is 2. The van der Waals surface area contributed by atoms with E-state index >= 15 is 0 Å². The largest absolute Gasteiger partial charge is 0.481 e. The van der Waals surface area contributed by atoms with Crippen LogP contribution in [0.3, 0.4) is 0 Å². The zero-order chi connectivity index (χ0) is 58.2. The molecule has 28 nitrogen and oxygen atoms in total. The highest BCUT2D eigenvalue weighted by molar-refractivity contribution is 7.91. The highest BCUT2D eigenvalue weighted by Crippen LogP contribution is 2.37. The number of pyridine rings is 2. The number of rotatable bonds is 16. The zero-order valence-electron chi connectivity index (χ0n) is 46.6. The average Bonchev–Trinajstić information content (AvgIpc) is 4.24. The molecule has 2 atom stereocenters. The monoisotopic (exact) mass is 1150 g/mol. The van der Waals surface area contributed by atoms with Crippen LogP contribution in [-0.4, -0.2) is 189 Å². The number of amides is 2. The summed E-state index contributed by atoms with van der Waals surface area (Å²) in [6.45, 7) is 11.4. The van der Waals surface area contributed by atoms with Crippen molar-refractivity contribution in [1.82, 2.24) is 69.2 Å². The van der Waals surface area contributed by atoms with Crippen LogP contribution in [0.1, 0.15) is 78.9 Å². The Morgan fingerprint density at radius 2 is 0.875 bits per heavy atom. The fourth-order valence-electron chi connectivity index (χ4n) is 8.65. The number of nitrogens with zero attached hydrogens (tertiary/aromatic N) is 14. The molecule has 2 fully saturated rings. The third-order valence-corrected chi connectivity index (χ3v) is 16.4. The Balaban J connectivity index is 0.000000231. The summed E-state index contributed by atoms with van der Waals surface area (Å²) in [4.78, 5) is 53.8. The Kier molecular flexibility index (Phi) is 18.6. The molecule has 6 aromatic rings. The van der Waals surface area contributed by atoms with Gasteiger partial charge in [-0.3, -0.25) is 9.13 Å². The predicted octanol–water partition coefficient (Wildman–Crippen LogP) is 4.92. The van der Waals surface area contributed by atoms with E-state index in [0.717, 1.165) is 0 Å². The molecule has 0 spiro atoms. The van der Waals surface area contributed by atoms with Crippen LogP contribution in [0.25, 0.3) is 34.4 Å². The molecule has 30 heteroatoms. The van der Waals surface area contributed by atoms with Crippen LogP contribution in [0, 0.1) is 0 Å². The summed E-state index contributed by atoms with van der Waals surface area (Å²) in [5, 5.41) is 15.4. The lowest BCUT2D eigenvalue weighted by atomic mass is 10.1. The van der Waals surface area contributed by atoms with Crippen molar-refractivity contribution in [3.05, 3.63) is 60.7 Å². The number of aromatic nitrogens is 12. The molecule has 0 saturated carbocycles. The molecular formula is C50H66N14O14S2. The molecule has 2 amide bonds. The van der Waals surface area contributed by atoms with E-state index in [1.165, 1.54) is 74.2 Å². The topological polar surface area (TPSA) is 322 Å². The Morgan fingerprint density at radius 3 is 1.19 bits per heavy atom. The van der Waals surface area contributed by atoms with E-state index in [2.05, 4.69) is 50.3 Å². The number of sulfone groups is 2. The van der Waals surface area contributed by atoms with E-state index in [-0.39, 0.29) is 71.3 Å². The summed E-state index contributed by atoms with van der Waals surface area (Å²) < 4.78 is 101. The molecule has 6 aromatic heterocycles. The maximum absolute atomic E-state index is 13.8. The van der Waals surface area contributed by atoms with Crippen LogP contribution in [0.5, 0.6) is 35.3 Å². The van der Waals surface area contributed by atoms with Gasteiger partial charge in [0.25, 0.3) is 0 Å². The van der Waals surface area contributed by atoms with Crippen molar-refractivity contribution in [2.75, 3.05) is 68.8 Å². The molecule has 8 rings (SSSR count). The minimum atomic E-state index is -3.84. The van der Waals surface area contributed by atoms with Gasteiger partial charge < -0.3 is 47.7 Å². The number of carbonyl (C=O) groups is 2. The van der Waals surface area contributed by atoms with E-state index in [9.17, 15) is 26.4 Å². The summed E-state index contributed by atoms with van der Waals surface area (Å²) in [5.41, 5.74) is -0.253. The molecule has 0 radical (unpaired) electrons. The first kappa shape index (κ1) is 59.6. The van der Waals surface area contributed by atoms with Gasteiger partial charge in [0.15, 0.2) is 54.3 Å². The van der Waals surface area contributed by atoms with E-state index in [1.54, 1.807) is 77.9 Å². The summed E-state index contributed by atoms with van der Waals surface area (Å²) in [5.74, 6) is 0.682. The van der Waals surface area contributed by atoms with Crippen molar-refractivity contribution in [2.24, 2.45) is 0 Å². The molecule has 2 aliphatic rings. The number of likely N-dealkylation sites (tertiary alicyclic amines) is 2. The maximum Gasteiger partial charge on any atom is 0.410 e. The van der Waals surface area contributed by atoms with Gasteiger partial charge in [0.1, 0.15) is 46.8 Å². The van der Waals surface area contributed by atoms with Crippen LogP contribution in [0.15, 0.2) is 49.1 Å². The van der Waals surface area contributed by atoms with Crippen LogP contribution < -0.4 is 28.4 Å². The van der Waals surface area contributed by atoms with Gasteiger partial charge in [-0.25, -0.2) is 36.4 Å². The van der Waals surface area contributed by atoms with Gasteiger partial charge in [0.05, 0.1) is 53.2 Å². The molecule has 8 heterocycles. The molecule has 0 N–H and O–H groups in total. The second-order valence-corrected chi connectivity index (χ2v) is 24.7. The number of ether oxygens (including phenoxy) is 8. The molecule has 2 unspecified atom stereocenters. The van der Waals surface area contributed by atoms with Crippen molar-refractivity contribution in [3.8, 4) is 69.7 Å². The SMILES string of the molecule is COc1cccc(-c2nnc(CS(=O)(=O)C3CCCN(C(=O)OC(C)(C)C)C3)n2-c2c(OC)ncnc2OC)n1.COc1cccc(-c2nnc(CS(=O)(=O)C3CCCN(C(=O)OC(C)(C)C)C3)n2-c2c(OC)ncnc2OC)n1. The third-order valence-electron chi connectivity index (χ3n) is 12.3. The Morgan fingerprint density at radius 1 is 0.525 bits per heavy atom. The van der Waals surface area contributed by atoms with E-state index in [1.807, 2.05) is 0 Å². The summed E-state index contributed by atoms with van der Waals surface area (Å²) in [6.07, 6.45) is 3.25. The van der Waals surface area contributed by atoms with Crippen LogP contribution >= 0.6 is 0 Å². The smallest absolute Gasteiger partial charge is 0.410 e. The van der Waals surface area contributed by atoms with Crippen molar-refractivity contribution >= 4 is 31.9 Å². The highest BCUT2D eigenvalue weighted by atomic mass is 32.2. The standard InChI is InChI=1S/2C25H33N7O7S/c2*1-25(2,3)39-24(33)31-12-8-9-16(13-31)40(34,35)14-18-29-30-21(17-10-7-11-19(28-17)36-4)32(18)20-22(37-5)26-15-27-23(20)38-6/h2*7,10-11,15-16H,8-9,12-14H2,1-6H3. The average molecular weight is 1150 g/mol. The lowest BCUT2D eigenvalue weighted by Crippen LogP contribution is -2.47. The third kappa shape index (κ3) is 14.0. The predicted molar refractivity (Wildman–Crippen MR) is 287 cm³/mol. The molecule has 80 heavy (non-hydrogen) atoms. The Hall–Kier alpha value is -8.02. The lowest BCUT2D eigenvalue weighted by Gasteiger charge is -2.33. The van der Waals surface area contributed by atoms with Gasteiger partial charge in [0, 0.05) is 38.3 Å². The summed E-state index contributed by atoms with van der Waals surface area (Å²) >= 11 is 0. The summed E-state index contributed by atoms with van der Waals surface area (Å²) in [7, 11) is 0.967. The fraction of sp³-hybridized carbons (Fsp3) is 0.520. The number of hydrogen-bond donors (Lipinski definition) is 0. The minimum absolute atomic E-state index is 0.0107. The fourth-order valence-corrected chi connectivity index (χ4v) is 12.1. The Bertz CT molecular complexity index is 3120. The molecule has 0 aromatic carbocycles. The summed E-state index contributed by atoms with van der Waals surface area (Å²) in [6, 6.07) is 10.2. The molecule has 432 valence electrons. The van der Waals surface area contributed by atoms with E-state index in [0.29, 0.717) is 61.9 Å². The Labute approximate surface area is 463 Å². The van der Waals surface area contributed by atoms with Gasteiger partial charge in [-0.1, -0.05) is 12.1 Å². The van der Waals surface area contributed by atoms with Crippen molar-refractivity contribution in [2.45, 2.75) is 100 Å². The second kappa shape index (κ2) is 25.0. The van der Waals surface area contributed by atoms with Gasteiger partial charge in [-0.05, 0) is 79.4 Å². The number of hydrogen-bond acceptors (Lipinski definition) is 24. The van der Waals surface area contributed by atoms with E-state index in [4.69, 9.17) is 37.9 Å². The number of carbonyl (C=O) groups excluding carboxylic acids is 2. The van der Waals surface area contributed by atoms with Gasteiger partial charge in [0.2, 0.25) is 35.3 Å². The molecule has 0 aliphatic carbocycles. The quantitative estimate of drug-likeness (QED) is 0.124. The normalized spacial score (nSPS) is 15.9. The van der Waals surface area contributed by atoms with Crippen molar-refractivity contribution in [3.63, 3.8) is 0 Å². The van der Waals surface area contributed by atoms with Gasteiger partial charge in [-0.2, -0.15) is 19.9 Å². The number of methoxy groups -OCH3 is 6. The first-order chi connectivity index (χ1) is 37.9. The van der Waals surface area contributed by atoms with Gasteiger partial charge >= 0.3 is 12.2 Å². The van der Waals surface area contributed by atoms with Crippen molar-refractivity contribution < 1.29 is 64.3 Å². The van der Waals surface area contributed by atoms with Crippen LogP contribution in [0.4, 0.5) is 9.59 Å². The lowest BCUT2D eigenvalue weighted by molar-refractivity contribution is 0.0208. The van der Waals surface area contributed by atoms with Crippen LogP contribution in [-0.2, 0) is 40.7 Å². The second-order valence-electron chi connectivity index (χ2n) is 20.2. The van der Waals surface area contributed by atoms with Gasteiger partial charge in [-0.15, -0.1) is 20.4 Å². The maximum atomic E-state index is 13.8. The molecule has 2 saturated heterocycles. The zero-order valence-corrected chi connectivity index (χ0v) is 48.3. The van der Waals surface area contributed by atoms with Crippen LogP contribution in [0.2, 0.25) is 0 Å². The molecule has 0 bridgehead atoms. The molecule has 2 aliphatic heterocycles. The van der Waals surface area contributed by atoms with E-state index < -0.39 is 65.1 Å².